The molecule has 0 saturated heterocycles. The van der Waals surface area contributed by atoms with Gasteiger partial charge in [0.05, 0.1) is 11.1 Å². The monoisotopic (exact) mass is 341 g/mol. The van der Waals surface area contributed by atoms with E-state index in [2.05, 4.69) is 9.97 Å². The fourth-order valence-electron chi connectivity index (χ4n) is 2.97. The number of hydrogen-bond donors (Lipinski definition) is 0. The Morgan fingerprint density at radius 2 is 1.35 bits per heavy atom. The van der Waals surface area contributed by atoms with Crippen molar-refractivity contribution in [3.05, 3.63) is 89.8 Å². The van der Waals surface area contributed by atoms with E-state index >= 15 is 0 Å². The molecule has 26 heavy (non-hydrogen) atoms. The summed E-state index contributed by atoms with van der Waals surface area (Å²) < 4.78 is 0. The molecule has 1 aromatic heterocycles. The van der Waals surface area contributed by atoms with Crippen LogP contribution < -0.4 is 0 Å². The van der Waals surface area contributed by atoms with E-state index in [1.807, 2.05) is 36.4 Å². The molecule has 2 aromatic carbocycles. The van der Waals surface area contributed by atoms with Gasteiger partial charge < -0.3 is 0 Å². The molecule has 2 heterocycles. The van der Waals surface area contributed by atoms with Gasteiger partial charge in [-0.2, -0.15) is 0 Å². The second-order valence-electron chi connectivity index (χ2n) is 5.83. The van der Waals surface area contributed by atoms with Gasteiger partial charge in [-0.25, -0.2) is 9.97 Å². The molecule has 0 radical (unpaired) electrons. The van der Waals surface area contributed by atoms with Gasteiger partial charge in [0, 0.05) is 24.5 Å². The van der Waals surface area contributed by atoms with E-state index in [9.17, 15) is 9.59 Å². The van der Waals surface area contributed by atoms with E-state index in [4.69, 9.17) is 0 Å². The average molecular weight is 341 g/mol. The van der Waals surface area contributed by atoms with Crippen molar-refractivity contribution >= 4 is 17.9 Å². The Hall–Kier alpha value is -3.60. The zero-order valence-electron chi connectivity index (χ0n) is 13.9. The molecule has 4 rings (SSSR count). The molecule has 1 aliphatic heterocycles. The molecule has 2 amide bonds. The smallest absolute Gasteiger partial charge is 0.261 e. The van der Waals surface area contributed by atoms with Crippen LogP contribution in [-0.2, 0) is 0 Å². The van der Waals surface area contributed by atoms with Crippen molar-refractivity contribution in [3.8, 4) is 11.4 Å². The highest BCUT2D eigenvalue weighted by molar-refractivity contribution is 6.21. The van der Waals surface area contributed by atoms with E-state index in [0.717, 1.165) is 11.1 Å². The lowest BCUT2D eigenvalue weighted by molar-refractivity contribution is 0.0672. The number of nitrogens with zero attached hydrogens (tertiary/aromatic N) is 3. The molecule has 0 atom stereocenters. The maximum absolute atomic E-state index is 12.4. The summed E-state index contributed by atoms with van der Waals surface area (Å²) in [6.45, 7) is 0.219. The number of carbonyl (C=O) groups excluding carboxylic acids is 2. The highest BCUT2D eigenvalue weighted by atomic mass is 16.2. The third kappa shape index (κ3) is 2.80. The Morgan fingerprint density at radius 1 is 0.769 bits per heavy atom. The minimum absolute atomic E-state index is 0.219. The summed E-state index contributed by atoms with van der Waals surface area (Å²) in [5.41, 5.74) is 2.75. The van der Waals surface area contributed by atoms with Gasteiger partial charge >= 0.3 is 0 Å². The third-order valence-corrected chi connectivity index (χ3v) is 4.23. The Labute approximate surface area is 150 Å². The Balaban J connectivity index is 1.56. The summed E-state index contributed by atoms with van der Waals surface area (Å²) in [5.74, 6) is 0.123. The second-order valence-corrected chi connectivity index (χ2v) is 5.83. The molecule has 0 saturated carbocycles. The van der Waals surface area contributed by atoms with Crippen molar-refractivity contribution in [1.29, 1.82) is 0 Å². The molecule has 0 unspecified atom stereocenters. The van der Waals surface area contributed by atoms with E-state index in [0.29, 0.717) is 17.0 Å². The zero-order valence-corrected chi connectivity index (χ0v) is 13.9. The van der Waals surface area contributed by atoms with Crippen LogP contribution in [0.1, 0.15) is 26.3 Å². The number of imide groups is 1. The van der Waals surface area contributed by atoms with Crippen molar-refractivity contribution in [2.75, 3.05) is 6.54 Å². The predicted octanol–water partition coefficient (Wildman–Crippen LogP) is 3.45. The number of amides is 2. The van der Waals surface area contributed by atoms with Crippen molar-refractivity contribution in [1.82, 2.24) is 14.9 Å². The Bertz CT molecular complexity index is 978. The van der Waals surface area contributed by atoms with Crippen LogP contribution in [-0.4, -0.2) is 33.2 Å². The summed E-state index contributed by atoms with van der Waals surface area (Å²) >= 11 is 0. The topological polar surface area (TPSA) is 63.2 Å². The average Bonchev–Trinajstić information content (AvgIpc) is 2.94. The molecule has 0 fully saturated rings. The normalized spacial score (nSPS) is 13.5. The number of rotatable bonds is 4. The first kappa shape index (κ1) is 15.9. The van der Waals surface area contributed by atoms with Crippen molar-refractivity contribution < 1.29 is 9.59 Å². The number of carbonyl (C=O) groups is 2. The van der Waals surface area contributed by atoms with Crippen molar-refractivity contribution in [3.63, 3.8) is 0 Å². The Kier molecular flexibility index (Phi) is 4.11. The van der Waals surface area contributed by atoms with E-state index in [1.165, 1.54) is 4.90 Å². The number of hydrogen-bond acceptors (Lipinski definition) is 4. The minimum atomic E-state index is -0.255. The molecule has 5 heteroatoms. The number of benzene rings is 2. The first-order valence-electron chi connectivity index (χ1n) is 8.24. The fraction of sp³-hybridized carbons (Fsp3) is 0.0476. The standard InChI is InChI=1S/C21H15N3O2/c25-20-17-10-3-4-11-18(17)21(26)24(20)14-5-8-15-7-1-2-9-16(15)19-22-12-6-13-23-19/h1-13H,14H2/b8-5+. The maximum atomic E-state index is 12.4. The Morgan fingerprint density at radius 3 is 2.00 bits per heavy atom. The van der Waals surface area contributed by atoms with Gasteiger partial charge in [0.15, 0.2) is 5.82 Å². The lowest BCUT2D eigenvalue weighted by Crippen LogP contribution is -2.29. The van der Waals surface area contributed by atoms with Gasteiger partial charge in [0.2, 0.25) is 0 Å². The zero-order chi connectivity index (χ0) is 17.9. The van der Waals surface area contributed by atoms with E-state index < -0.39 is 0 Å². The third-order valence-electron chi connectivity index (χ3n) is 4.23. The van der Waals surface area contributed by atoms with E-state index in [-0.39, 0.29) is 18.4 Å². The highest BCUT2D eigenvalue weighted by Crippen LogP contribution is 2.23. The van der Waals surface area contributed by atoms with Crippen LogP contribution in [0.3, 0.4) is 0 Å². The molecule has 0 N–H and O–H groups in total. The lowest BCUT2D eigenvalue weighted by Gasteiger charge is -2.10. The van der Waals surface area contributed by atoms with Gasteiger partial charge in [-0.15, -0.1) is 0 Å². The summed E-state index contributed by atoms with van der Waals surface area (Å²) in [7, 11) is 0. The largest absolute Gasteiger partial charge is 0.270 e. The fourth-order valence-corrected chi connectivity index (χ4v) is 2.97. The van der Waals surface area contributed by atoms with Gasteiger partial charge in [0.25, 0.3) is 11.8 Å². The van der Waals surface area contributed by atoms with Crippen LogP contribution in [0.25, 0.3) is 17.5 Å². The molecule has 5 nitrogen and oxygen atoms in total. The lowest BCUT2D eigenvalue weighted by atomic mass is 10.1. The van der Waals surface area contributed by atoms with Crippen LogP contribution in [0.5, 0.6) is 0 Å². The number of aromatic nitrogens is 2. The van der Waals surface area contributed by atoms with Gasteiger partial charge in [-0.1, -0.05) is 48.6 Å². The van der Waals surface area contributed by atoms with Crippen LogP contribution in [0.4, 0.5) is 0 Å². The molecule has 3 aromatic rings. The van der Waals surface area contributed by atoms with Crippen molar-refractivity contribution in [2.45, 2.75) is 0 Å². The summed E-state index contributed by atoms with van der Waals surface area (Å²) in [6.07, 6.45) is 7.09. The first-order chi connectivity index (χ1) is 12.8. The highest BCUT2D eigenvalue weighted by Gasteiger charge is 2.34. The maximum Gasteiger partial charge on any atom is 0.261 e. The quantitative estimate of drug-likeness (QED) is 0.682. The first-order valence-corrected chi connectivity index (χ1v) is 8.24. The minimum Gasteiger partial charge on any atom is -0.270 e. The summed E-state index contributed by atoms with van der Waals surface area (Å²) in [6, 6.07) is 16.4. The van der Waals surface area contributed by atoms with Crippen LogP contribution in [0.15, 0.2) is 73.1 Å². The van der Waals surface area contributed by atoms with Crippen LogP contribution >= 0.6 is 0 Å². The van der Waals surface area contributed by atoms with Gasteiger partial charge in [-0.3, -0.25) is 14.5 Å². The van der Waals surface area contributed by atoms with Gasteiger partial charge in [0.1, 0.15) is 0 Å². The molecular weight excluding hydrogens is 326 g/mol. The van der Waals surface area contributed by atoms with Gasteiger partial charge in [-0.05, 0) is 23.8 Å². The molecule has 0 aliphatic carbocycles. The van der Waals surface area contributed by atoms with Crippen LogP contribution in [0.2, 0.25) is 0 Å². The summed E-state index contributed by atoms with van der Waals surface area (Å²) in [5, 5.41) is 0. The number of fused-ring (bicyclic) bond motifs is 1. The second kappa shape index (κ2) is 6.72. The SMILES string of the molecule is O=C1c2ccccc2C(=O)N1C/C=C/c1ccccc1-c1ncccn1. The molecule has 1 aliphatic rings. The van der Waals surface area contributed by atoms with Crippen LogP contribution in [0, 0.1) is 0 Å². The molecule has 126 valence electrons. The predicted molar refractivity (Wildman–Crippen MR) is 98.3 cm³/mol. The molecular formula is C21H15N3O2. The van der Waals surface area contributed by atoms with E-state index in [1.54, 1.807) is 42.7 Å². The van der Waals surface area contributed by atoms with Crippen molar-refractivity contribution in [2.24, 2.45) is 0 Å². The molecule has 0 spiro atoms. The molecule has 0 bridgehead atoms. The summed E-state index contributed by atoms with van der Waals surface area (Å²) in [4.78, 5) is 34.6.